The van der Waals surface area contributed by atoms with E-state index in [1.807, 2.05) is 29.7 Å². The first-order valence-electron chi connectivity index (χ1n) is 11.3. The van der Waals surface area contributed by atoms with Gasteiger partial charge >= 0.3 is 0 Å². The van der Waals surface area contributed by atoms with Crippen LogP contribution in [0.4, 0.5) is 11.6 Å². The first-order valence-corrected chi connectivity index (χ1v) is 11.3. The third-order valence-electron chi connectivity index (χ3n) is 6.02. The van der Waals surface area contributed by atoms with Gasteiger partial charge in [0.05, 0.1) is 19.0 Å². The van der Waals surface area contributed by atoms with Gasteiger partial charge in [-0.3, -0.25) is 19.2 Å². The molecule has 0 saturated carbocycles. The van der Waals surface area contributed by atoms with Gasteiger partial charge in [-0.05, 0) is 38.0 Å². The number of aromatic nitrogens is 2. The molecule has 0 bridgehead atoms. The molecular weight excluding hydrogens is 384 g/mol. The Morgan fingerprint density at radius 3 is 2.39 bits per heavy atom. The van der Waals surface area contributed by atoms with Crippen molar-refractivity contribution in [3.8, 4) is 0 Å². The monoisotopic (exact) mass is 416 g/mol. The Balaban J connectivity index is 1.74. The average molecular weight is 417 g/mol. The number of unbranched alkanes of at least 4 members (excludes halogenated alkanes) is 2. The van der Waals surface area contributed by atoms with Crippen LogP contribution in [0, 0.1) is 13.8 Å². The SMILES string of the molecule is CCCCCN1CN(c2ccc(C)cc2)c2nc(C)c(Cc3ccccc3)c(=O)n2C1. The van der Waals surface area contributed by atoms with Crippen molar-refractivity contribution < 1.29 is 0 Å². The number of hydrogen-bond acceptors (Lipinski definition) is 4. The largest absolute Gasteiger partial charge is 0.298 e. The van der Waals surface area contributed by atoms with E-state index in [2.05, 4.69) is 60.0 Å². The molecule has 2 aromatic carbocycles. The summed E-state index contributed by atoms with van der Waals surface area (Å²) >= 11 is 0. The number of fused-ring (bicyclic) bond motifs is 1. The molecule has 5 nitrogen and oxygen atoms in total. The fourth-order valence-electron chi connectivity index (χ4n) is 4.18. The summed E-state index contributed by atoms with van der Waals surface area (Å²) < 4.78 is 1.86. The number of anilines is 2. The molecule has 3 aromatic rings. The lowest BCUT2D eigenvalue weighted by Gasteiger charge is -2.38. The smallest absolute Gasteiger partial charge is 0.259 e. The molecule has 0 spiro atoms. The molecule has 1 aromatic heterocycles. The summed E-state index contributed by atoms with van der Waals surface area (Å²) in [5.74, 6) is 0.745. The van der Waals surface area contributed by atoms with Crippen molar-refractivity contribution >= 4 is 11.6 Å². The number of benzene rings is 2. The van der Waals surface area contributed by atoms with Gasteiger partial charge in [0.2, 0.25) is 5.95 Å². The maximum Gasteiger partial charge on any atom is 0.259 e. The normalized spacial score (nSPS) is 14.0. The zero-order valence-corrected chi connectivity index (χ0v) is 18.8. The molecule has 4 rings (SSSR count). The van der Waals surface area contributed by atoms with Crippen LogP contribution < -0.4 is 10.5 Å². The molecule has 2 heterocycles. The summed E-state index contributed by atoms with van der Waals surface area (Å²) in [5.41, 5.74) is 5.10. The van der Waals surface area contributed by atoms with Gasteiger partial charge in [-0.15, -0.1) is 0 Å². The Kier molecular flexibility index (Phi) is 6.52. The molecule has 5 heteroatoms. The highest BCUT2D eigenvalue weighted by Crippen LogP contribution is 2.28. The molecule has 0 aliphatic carbocycles. The van der Waals surface area contributed by atoms with Gasteiger partial charge in [0.15, 0.2) is 0 Å². The van der Waals surface area contributed by atoms with E-state index in [9.17, 15) is 4.79 Å². The third kappa shape index (κ3) is 4.72. The van der Waals surface area contributed by atoms with Crippen molar-refractivity contribution in [1.29, 1.82) is 0 Å². The van der Waals surface area contributed by atoms with Crippen molar-refractivity contribution in [2.45, 2.75) is 53.1 Å². The highest BCUT2D eigenvalue weighted by molar-refractivity contribution is 5.59. The van der Waals surface area contributed by atoms with E-state index in [1.54, 1.807) is 0 Å². The van der Waals surface area contributed by atoms with E-state index in [1.165, 1.54) is 18.4 Å². The second-order valence-electron chi connectivity index (χ2n) is 8.52. The first-order chi connectivity index (χ1) is 15.1. The van der Waals surface area contributed by atoms with E-state index in [0.717, 1.165) is 48.1 Å². The van der Waals surface area contributed by atoms with Gasteiger partial charge < -0.3 is 0 Å². The number of nitrogens with zero attached hydrogens (tertiary/aromatic N) is 4. The zero-order valence-electron chi connectivity index (χ0n) is 18.8. The summed E-state index contributed by atoms with van der Waals surface area (Å²) in [6.45, 7) is 8.59. The zero-order chi connectivity index (χ0) is 21.8. The highest BCUT2D eigenvalue weighted by atomic mass is 16.1. The standard InChI is InChI=1S/C26H32N4O/c1-4-5-9-16-28-18-29(23-14-12-20(2)13-15-23)26-27-21(3)24(25(31)30(26)19-28)17-22-10-7-6-8-11-22/h6-8,10-15H,4-5,9,16-19H2,1-3H3. The molecule has 0 unspecified atom stereocenters. The molecule has 0 saturated heterocycles. The van der Waals surface area contributed by atoms with Crippen LogP contribution in [0.15, 0.2) is 59.4 Å². The highest BCUT2D eigenvalue weighted by Gasteiger charge is 2.27. The summed E-state index contributed by atoms with van der Waals surface area (Å²) in [6.07, 6.45) is 4.14. The molecule has 0 amide bonds. The van der Waals surface area contributed by atoms with Crippen LogP contribution in [0.25, 0.3) is 0 Å². The maximum absolute atomic E-state index is 13.6. The van der Waals surface area contributed by atoms with Crippen molar-refractivity contribution in [2.24, 2.45) is 0 Å². The minimum Gasteiger partial charge on any atom is -0.298 e. The maximum atomic E-state index is 13.6. The van der Waals surface area contributed by atoms with E-state index in [4.69, 9.17) is 4.98 Å². The Morgan fingerprint density at radius 1 is 0.935 bits per heavy atom. The van der Waals surface area contributed by atoms with Crippen LogP contribution in [0.5, 0.6) is 0 Å². The van der Waals surface area contributed by atoms with E-state index < -0.39 is 0 Å². The summed E-state index contributed by atoms with van der Waals surface area (Å²) in [7, 11) is 0. The van der Waals surface area contributed by atoms with E-state index in [0.29, 0.717) is 13.1 Å². The molecule has 0 fully saturated rings. The fraction of sp³-hybridized carbons (Fsp3) is 0.385. The van der Waals surface area contributed by atoms with Crippen LogP contribution in [0.1, 0.15) is 48.6 Å². The minimum absolute atomic E-state index is 0.0728. The Bertz CT molecular complexity index is 1070. The van der Waals surface area contributed by atoms with Crippen molar-refractivity contribution in [1.82, 2.24) is 14.5 Å². The quantitative estimate of drug-likeness (QED) is 0.508. The first kappa shape index (κ1) is 21.3. The van der Waals surface area contributed by atoms with Crippen molar-refractivity contribution in [3.05, 3.63) is 87.3 Å². The van der Waals surface area contributed by atoms with Gasteiger partial charge in [-0.25, -0.2) is 4.98 Å². The van der Waals surface area contributed by atoms with Crippen LogP contribution in [-0.4, -0.2) is 27.7 Å². The Labute approximate surface area is 185 Å². The lowest BCUT2D eigenvalue weighted by Crippen LogP contribution is -2.48. The molecule has 1 aliphatic heterocycles. The van der Waals surface area contributed by atoms with E-state index >= 15 is 0 Å². The summed E-state index contributed by atoms with van der Waals surface area (Å²) in [4.78, 5) is 23.1. The fourth-order valence-corrected chi connectivity index (χ4v) is 4.18. The summed E-state index contributed by atoms with van der Waals surface area (Å²) in [5, 5.41) is 0. The number of hydrogen-bond donors (Lipinski definition) is 0. The van der Waals surface area contributed by atoms with Crippen molar-refractivity contribution in [3.63, 3.8) is 0 Å². The summed E-state index contributed by atoms with van der Waals surface area (Å²) in [6, 6.07) is 18.6. The van der Waals surface area contributed by atoms with Crippen molar-refractivity contribution in [2.75, 3.05) is 18.1 Å². The van der Waals surface area contributed by atoms with Crippen LogP contribution >= 0.6 is 0 Å². The third-order valence-corrected chi connectivity index (χ3v) is 6.02. The Morgan fingerprint density at radius 2 is 1.68 bits per heavy atom. The van der Waals surface area contributed by atoms with Gasteiger partial charge in [0.25, 0.3) is 5.56 Å². The molecule has 0 radical (unpaired) electrons. The number of aryl methyl sites for hydroxylation is 2. The topological polar surface area (TPSA) is 41.4 Å². The lowest BCUT2D eigenvalue weighted by atomic mass is 10.1. The van der Waals surface area contributed by atoms with Gasteiger partial charge in [0.1, 0.15) is 0 Å². The molecule has 1 aliphatic rings. The van der Waals surface area contributed by atoms with Gasteiger partial charge in [0, 0.05) is 24.2 Å². The second-order valence-corrected chi connectivity index (χ2v) is 8.52. The minimum atomic E-state index is 0.0728. The Hall–Kier alpha value is -2.92. The molecule has 31 heavy (non-hydrogen) atoms. The second kappa shape index (κ2) is 9.48. The molecule has 0 atom stereocenters. The predicted octanol–water partition coefficient (Wildman–Crippen LogP) is 5.01. The average Bonchev–Trinajstić information content (AvgIpc) is 2.78. The number of rotatable bonds is 7. The van der Waals surface area contributed by atoms with E-state index in [-0.39, 0.29) is 5.56 Å². The van der Waals surface area contributed by atoms with Crippen LogP contribution in [0.2, 0.25) is 0 Å². The predicted molar refractivity (Wildman–Crippen MR) is 127 cm³/mol. The van der Waals surface area contributed by atoms with Crippen LogP contribution in [-0.2, 0) is 13.1 Å². The van der Waals surface area contributed by atoms with Gasteiger partial charge in [-0.1, -0.05) is 67.8 Å². The lowest BCUT2D eigenvalue weighted by molar-refractivity contribution is 0.194. The molecule has 0 N–H and O–H groups in total. The van der Waals surface area contributed by atoms with Crippen LogP contribution in [0.3, 0.4) is 0 Å². The molecular formula is C26H32N4O. The molecule has 162 valence electrons. The van der Waals surface area contributed by atoms with Gasteiger partial charge in [-0.2, -0.15) is 0 Å².